The summed E-state index contributed by atoms with van der Waals surface area (Å²) < 4.78 is 5.49. The normalized spacial score (nSPS) is 19.2. The van der Waals surface area contributed by atoms with Gasteiger partial charge in [-0.05, 0) is 18.1 Å². The first kappa shape index (κ1) is 12.6. The lowest BCUT2D eigenvalue weighted by Crippen LogP contribution is -2.45. The molecule has 0 fully saturated rings. The first-order chi connectivity index (χ1) is 8.74. The van der Waals surface area contributed by atoms with E-state index in [0.29, 0.717) is 25.0 Å². The second kappa shape index (κ2) is 5.68. The van der Waals surface area contributed by atoms with Crippen LogP contribution in [0.2, 0.25) is 0 Å². The number of benzene rings is 1. The monoisotopic (exact) mass is 246 g/mol. The molecule has 18 heavy (non-hydrogen) atoms. The summed E-state index contributed by atoms with van der Waals surface area (Å²) in [6.45, 7) is 0.480. The van der Waals surface area contributed by atoms with E-state index in [1.165, 1.54) is 0 Å². The molecule has 1 radical (unpaired) electrons. The van der Waals surface area contributed by atoms with Gasteiger partial charge in [-0.15, -0.1) is 0 Å². The number of hydrogen-bond acceptors (Lipinski definition) is 4. The number of carbonyl (C=O) groups excluding carboxylic acids is 1. The molecule has 1 aromatic rings. The molecule has 6 heteroatoms. The van der Waals surface area contributed by atoms with Gasteiger partial charge in [0.2, 0.25) is 0 Å². The molecule has 0 saturated carbocycles. The summed E-state index contributed by atoms with van der Waals surface area (Å²) in [7, 11) is 1.12. The van der Waals surface area contributed by atoms with Gasteiger partial charge in [-0.1, -0.05) is 18.2 Å². The summed E-state index contributed by atoms with van der Waals surface area (Å²) >= 11 is 0. The zero-order valence-corrected chi connectivity index (χ0v) is 9.70. The molecule has 0 aromatic heterocycles. The van der Waals surface area contributed by atoms with Crippen molar-refractivity contribution in [2.45, 2.75) is 18.4 Å². The first-order valence-corrected chi connectivity index (χ1v) is 5.71. The molecule has 2 atom stereocenters. The third-order valence-electron chi connectivity index (χ3n) is 3.02. The molecule has 0 saturated heterocycles. The summed E-state index contributed by atoms with van der Waals surface area (Å²) in [5.41, 5.74) is 0.864. The zero-order chi connectivity index (χ0) is 13.0. The minimum atomic E-state index is -0.977. The van der Waals surface area contributed by atoms with E-state index in [0.717, 1.165) is 13.0 Å². The van der Waals surface area contributed by atoms with Crippen molar-refractivity contribution in [1.82, 2.24) is 5.23 Å². The molecule has 1 unspecified atom stereocenters. The molecule has 5 nitrogen and oxygen atoms in total. The van der Waals surface area contributed by atoms with Gasteiger partial charge in [0.1, 0.15) is 11.8 Å². The number of nitrogens with one attached hydrogen (secondary N) is 1. The summed E-state index contributed by atoms with van der Waals surface area (Å²) in [5, 5.41) is 11.9. The van der Waals surface area contributed by atoms with Gasteiger partial charge in [0.05, 0.1) is 12.8 Å². The predicted molar refractivity (Wildman–Crippen MR) is 66.4 cm³/mol. The lowest BCUT2D eigenvalue weighted by molar-refractivity contribution is -0.139. The minimum Gasteiger partial charge on any atom is -0.493 e. The molecule has 0 amide bonds. The minimum absolute atomic E-state index is 0.205. The number of carboxylic acids is 1. The molecule has 1 aromatic carbocycles. The van der Waals surface area contributed by atoms with Crippen LogP contribution in [0.4, 0.5) is 0 Å². The van der Waals surface area contributed by atoms with Crippen LogP contribution >= 0.6 is 0 Å². The number of carbonyl (C=O) groups is 2. The number of hydrogen-bond donors (Lipinski definition) is 2. The number of aliphatic carboxylic acids is 1. The Morgan fingerprint density at radius 1 is 1.56 bits per heavy atom. The van der Waals surface area contributed by atoms with Crippen molar-refractivity contribution in [3.8, 4) is 5.75 Å². The van der Waals surface area contributed by atoms with Crippen molar-refractivity contribution in [1.29, 1.82) is 0 Å². The summed E-state index contributed by atoms with van der Waals surface area (Å²) in [5.74, 6) is -0.466. The number of fused-ring (bicyclic) bond motifs is 1. The molecule has 1 heterocycles. The topological polar surface area (TPSA) is 75.6 Å². The van der Waals surface area contributed by atoms with E-state index in [1.807, 2.05) is 24.3 Å². The quantitative estimate of drug-likeness (QED) is 0.581. The van der Waals surface area contributed by atoms with E-state index in [1.54, 1.807) is 0 Å². The molecule has 0 aliphatic carbocycles. The van der Waals surface area contributed by atoms with Crippen molar-refractivity contribution >= 4 is 19.6 Å². The van der Waals surface area contributed by atoms with Crippen LogP contribution in [0.15, 0.2) is 24.3 Å². The number of para-hydroxylation sites is 1. The highest BCUT2D eigenvalue weighted by Crippen LogP contribution is 2.35. The van der Waals surface area contributed by atoms with E-state index in [9.17, 15) is 14.7 Å². The standard InChI is InChI=1S/C12H13BNO4/c15-7-13-14-11(12(16)17)9-5-6-18-10-4-2-1-3-8(9)10/h1-4,7,9,11,14H,5-6H2,(H,16,17)/t9?,11-/m0/s1. The van der Waals surface area contributed by atoms with Crippen LogP contribution in [0.3, 0.4) is 0 Å². The Bertz CT molecular complexity index is 451. The fraction of sp³-hybridized carbons (Fsp3) is 0.333. The maximum Gasteiger partial charge on any atom is 0.320 e. The molecule has 1 aliphatic rings. The van der Waals surface area contributed by atoms with Crippen LogP contribution in [-0.2, 0) is 9.59 Å². The van der Waals surface area contributed by atoms with E-state index in [-0.39, 0.29) is 5.92 Å². The Kier molecular flexibility index (Phi) is 3.99. The van der Waals surface area contributed by atoms with Gasteiger partial charge >= 0.3 is 5.97 Å². The van der Waals surface area contributed by atoms with Gasteiger partial charge in [-0.2, -0.15) is 0 Å². The van der Waals surface area contributed by atoms with Crippen molar-refractivity contribution in [2.24, 2.45) is 0 Å². The molecule has 0 spiro atoms. The zero-order valence-electron chi connectivity index (χ0n) is 9.70. The van der Waals surface area contributed by atoms with Crippen LogP contribution in [0, 0.1) is 0 Å². The number of carboxylic acid groups (broad SMARTS) is 1. The largest absolute Gasteiger partial charge is 0.493 e. The molecule has 93 valence electrons. The predicted octanol–water partition coefficient (Wildman–Crippen LogP) is 0.405. The van der Waals surface area contributed by atoms with Crippen molar-refractivity contribution in [2.75, 3.05) is 6.61 Å². The van der Waals surface area contributed by atoms with Crippen molar-refractivity contribution in [3.63, 3.8) is 0 Å². The Labute approximate surface area is 105 Å². The van der Waals surface area contributed by atoms with Gasteiger partial charge in [-0.25, -0.2) is 0 Å². The Morgan fingerprint density at radius 3 is 3.06 bits per heavy atom. The van der Waals surface area contributed by atoms with Gasteiger partial charge in [0.15, 0.2) is 0 Å². The van der Waals surface area contributed by atoms with Crippen LogP contribution in [-0.4, -0.2) is 37.3 Å². The second-order valence-electron chi connectivity index (χ2n) is 4.07. The average Bonchev–Trinajstić information content (AvgIpc) is 2.39. The summed E-state index contributed by atoms with van der Waals surface area (Å²) in [6.07, 6.45) is 1.15. The SMILES string of the molecule is O=C[B]N[C@H](C(=O)O)C1CCOc2ccccc21. The van der Waals surface area contributed by atoms with Crippen LogP contribution in [0.25, 0.3) is 0 Å². The highest BCUT2D eigenvalue weighted by molar-refractivity contribution is 6.64. The Hall–Kier alpha value is -1.82. The Balaban J connectivity index is 2.26. The maximum atomic E-state index is 11.3. The average molecular weight is 246 g/mol. The van der Waals surface area contributed by atoms with Crippen molar-refractivity contribution < 1.29 is 19.4 Å². The fourth-order valence-corrected chi connectivity index (χ4v) is 2.22. The smallest absolute Gasteiger partial charge is 0.320 e. The number of rotatable bonds is 5. The maximum absolute atomic E-state index is 11.3. The Morgan fingerprint density at radius 2 is 2.33 bits per heavy atom. The van der Waals surface area contributed by atoms with Gasteiger partial charge < -0.3 is 19.9 Å². The van der Waals surface area contributed by atoms with E-state index in [4.69, 9.17) is 4.74 Å². The number of ether oxygens (including phenoxy) is 1. The van der Waals surface area contributed by atoms with Gasteiger partial charge in [-0.3, -0.25) is 4.79 Å². The molecular weight excluding hydrogens is 233 g/mol. The van der Waals surface area contributed by atoms with Crippen LogP contribution < -0.4 is 9.96 Å². The van der Waals surface area contributed by atoms with Crippen LogP contribution in [0.1, 0.15) is 17.9 Å². The van der Waals surface area contributed by atoms with Crippen LogP contribution in [0.5, 0.6) is 5.75 Å². The molecule has 0 bridgehead atoms. The van der Waals surface area contributed by atoms with Crippen molar-refractivity contribution in [3.05, 3.63) is 29.8 Å². The third-order valence-corrected chi connectivity index (χ3v) is 3.02. The third kappa shape index (κ3) is 2.54. The fourth-order valence-electron chi connectivity index (χ4n) is 2.22. The molecule has 2 rings (SSSR count). The van der Waals surface area contributed by atoms with Gasteiger partial charge in [0.25, 0.3) is 7.41 Å². The molecular formula is C12H13BNO4. The molecule has 1 aliphatic heterocycles. The second-order valence-corrected chi connectivity index (χ2v) is 4.07. The lowest BCUT2D eigenvalue weighted by Gasteiger charge is -2.30. The lowest BCUT2D eigenvalue weighted by atomic mass is 9.83. The van der Waals surface area contributed by atoms with E-state index < -0.39 is 12.0 Å². The molecule has 2 N–H and O–H groups in total. The van der Waals surface area contributed by atoms with Gasteiger partial charge in [0, 0.05) is 5.92 Å². The van der Waals surface area contributed by atoms with E-state index >= 15 is 0 Å². The highest BCUT2D eigenvalue weighted by atomic mass is 16.5. The van der Waals surface area contributed by atoms with E-state index in [2.05, 4.69) is 5.23 Å². The first-order valence-electron chi connectivity index (χ1n) is 5.71. The summed E-state index contributed by atoms with van der Waals surface area (Å²) in [4.78, 5) is 21.6. The highest BCUT2D eigenvalue weighted by Gasteiger charge is 2.32. The summed E-state index contributed by atoms with van der Waals surface area (Å²) in [6, 6.07) is 6.56.